The molecule has 0 saturated carbocycles. The molecule has 0 unspecified atom stereocenters. The number of oxime groups is 1. The normalized spacial score (nSPS) is 16.3. The van der Waals surface area contributed by atoms with Gasteiger partial charge in [-0.15, -0.1) is 0 Å². The molecule has 0 amide bonds. The van der Waals surface area contributed by atoms with Gasteiger partial charge >= 0.3 is 12.0 Å². The van der Waals surface area contributed by atoms with Crippen molar-refractivity contribution in [2.75, 3.05) is 13.1 Å². The van der Waals surface area contributed by atoms with Gasteiger partial charge in [-0.3, -0.25) is 9.69 Å². The molecule has 1 aliphatic rings. The third-order valence-electron chi connectivity index (χ3n) is 6.45. The molecule has 0 bridgehead atoms. The van der Waals surface area contributed by atoms with Crippen LogP contribution in [0.3, 0.4) is 0 Å². The number of benzene rings is 2. The SMILES string of the molecule is CCc1cc(/C(C)=N/OCc2ccc(-c3cnc(F)nc3)cc2F)ccc1CN1CC[C@H](C(=O)O)C1. The second kappa shape index (κ2) is 11.3. The highest BCUT2D eigenvalue weighted by molar-refractivity contribution is 5.98. The number of likely N-dealkylation sites (tertiary alicyclic amines) is 1. The third kappa shape index (κ3) is 6.09. The van der Waals surface area contributed by atoms with E-state index in [0.717, 1.165) is 25.1 Å². The van der Waals surface area contributed by atoms with Crippen molar-refractivity contribution in [3.8, 4) is 11.1 Å². The minimum atomic E-state index is -0.835. The lowest BCUT2D eigenvalue weighted by Crippen LogP contribution is -2.23. The first-order chi connectivity index (χ1) is 17.3. The van der Waals surface area contributed by atoms with Crippen LogP contribution in [0.2, 0.25) is 0 Å². The lowest BCUT2D eigenvalue weighted by atomic mass is 9.99. The molecule has 1 fully saturated rings. The van der Waals surface area contributed by atoms with E-state index >= 15 is 0 Å². The van der Waals surface area contributed by atoms with E-state index in [0.29, 0.717) is 35.4 Å². The Morgan fingerprint density at radius 3 is 2.53 bits per heavy atom. The Morgan fingerprint density at radius 2 is 1.86 bits per heavy atom. The fourth-order valence-electron chi connectivity index (χ4n) is 4.31. The Bertz CT molecular complexity index is 1260. The van der Waals surface area contributed by atoms with Gasteiger partial charge in [0.1, 0.15) is 12.4 Å². The van der Waals surface area contributed by atoms with Gasteiger partial charge in [-0.1, -0.05) is 36.3 Å². The Hall–Kier alpha value is -3.72. The van der Waals surface area contributed by atoms with Gasteiger partial charge in [-0.2, -0.15) is 4.39 Å². The third-order valence-corrected chi connectivity index (χ3v) is 6.45. The average Bonchev–Trinajstić information content (AvgIpc) is 3.34. The van der Waals surface area contributed by atoms with Crippen LogP contribution in [0, 0.1) is 17.8 Å². The first kappa shape index (κ1) is 25.4. The van der Waals surface area contributed by atoms with Crippen LogP contribution >= 0.6 is 0 Å². The van der Waals surface area contributed by atoms with Gasteiger partial charge < -0.3 is 9.94 Å². The molecule has 1 atom stereocenters. The van der Waals surface area contributed by atoms with Crippen molar-refractivity contribution in [1.29, 1.82) is 0 Å². The fourth-order valence-corrected chi connectivity index (χ4v) is 4.31. The average molecular weight is 495 g/mol. The van der Waals surface area contributed by atoms with Gasteiger partial charge in [0, 0.05) is 36.6 Å². The summed E-state index contributed by atoms with van der Waals surface area (Å²) >= 11 is 0. The summed E-state index contributed by atoms with van der Waals surface area (Å²) in [4.78, 5) is 25.8. The summed E-state index contributed by atoms with van der Waals surface area (Å²) in [6.45, 7) is 5.96. The lowest BCUT2D eigenvalue weighted by molar-refractivity contribution is -0.141. The monoisotopic (exact) mass is 494 g/mol. The molecule has 1 saturated heterocycles. The molecule has 2 heterocycles. The highest BCUT2D eigenvalue weighted by Gasteiger charge is 2.28. The number of aryl methyl sites for hydroxylation is 1. The number of aliphatic carboxylic acids is 1. The first-order valence-electron chi connectivity index (χ1n) is 11.8. The summed E-state index contributed by atoms with van der Waals surface area (Å²) in [5.74, 6) is -1.48. The number of carboxylic acids is 1. The van der Waals surface area contributed by atoms with E-state index in [9.17, 15) is 18.7 Å². The number of nitrogens with zero attached hydrogens (tertiary/aromatic N) is 4. The van der Waals surface area contributed by atoms with Gasteiger partial charge in [0.25, 0.3) is 0 Å². The van der Waals surface area contributed by atoms with E-state index in [1.54, 1.807) is 12.1 Å². The van der Waals surface area contributed by atoms with Gasteiger partial charge in [-0.25, -0.2) is 14.4 Å². The zero-order valence-electron chi connectivity index (χ0n) is 20.2. The molecule has 9 heteroatoms. The summed E-state index contributed by atoms with van der Waals surface area (Å²) in [6.07, 6.45) is 3.29. The summed E-state index contributed by atoms with van der Waals surface area (Å²) < 4.78 is 27.5. The number of carbonyl (C=O) groups is 1. The molecule has 1 N–H and O–H groups in total. The summed E-state index contributed by atoms with van der Waals surface area (Å²) in [5.41, 5.74) is 5.32. The maximum atomic E-state index is 14.6. The van der Waals surface area contributed by atoms with Gasteiger partial charge in [0.15, 0.2) is 0 Å². The summed E-state index contributed by atoms with van der Waals surface area (Å²) in [7, 11) is 0. The number of halogens is 2. The van der Waals surface area contributed by atoms with Gasteiger partial charge in [0.05, 0.1) is 11.6 Å². The maximum Gasteiger partial charge on any atom is 0.308 e. The zero-order chi connectivity index (χ0) is 25.7. The molecule has 3 aromatic rings. The molecule has 36 heavy (non-hydrogen) atoms. The number of hydrogen-bond donors (Lipinski definition) is 1. The molecular formula is C27H28F2N4O3. The van der Waals surface area contributed by atoms with Crippen molar-refractivity contribution in [3.63, 3.8) is 0 Å². The van der Waals surface area contributed by atoms with Gasteiger partial charge in [-0.05, 0) is 60.7 Å². The van der Waals surface area contributed by atoms with Crippen LogP contribution < -0.4 is 0 Å². The fraction of sp³-hybridized carbons (Fsp3) is 0.333. The number of aromatic nitrogens is 2. The van der Waals surface area contributed by atoms with Crippen LogP contribution in [0.4, 0.5) is 8.78 Å². The van der Waals surface area contributed by atoms with Crippen molar-refractivity contribution in [2.24, 2.45) is 11.1 Å². The van der Waals surface area contributed by atoms with Crippen LogP contribution in [0.5, 0.6) is 0 Å². The Balaban J connectivity index is 1.38. The van der Waals surface area contributed by atoms with E-state index in [1.807, 2.05) is 13.0 Å². The van der Waals surface area contributed by atoms with Crippen LogP contribution in [-0.4, -0.2) is 44.7 Å². The molecule has 4 rings (SSSR count). The van der Waals surface area contributed by atoms with E-state index in [2.05, 4.69) is 39.1 Å². The summed E-state index contributed by atoms with van der Waals surface area (Å²) in [5, 5.41) is 13.4. The molecule has 1 aliphatic heterocycles. The lowest BCUT2D eigenvalue weighted by Gasteiger charge is -2.18. The van der Waals surface area contributed by atoms with Crippen molar-refractivity contribution in [3.05, 3.63) is 82.9 Å². The quantitative estimate of drug-likeness (QED) is 0.260. The highest BCUT2D eigenvalue weighted by atomic mass is 19.1. The first-order valence-corrected chi connectivity index (χ1v) is 11.8. The predicted molar refractivity (Wildman–Crippen MR) is 131 cm³/mol. The van der Waals surface area contributed by atoms with Gasteiger partial charge in [0.2, 0.25) is 0 Å². The minimum absolute atomic E-state index is 0.0399. The predicted octanol–water partition coefficient (Wildman–Crippen LogP) is 4.83. The van der Waals surface area contributed by atoms with Crippen molar-refractivity contribution >= 4 is 11.7 Å². The molecular weight excluding hydrogens is 466 g/mol. The molecule has 0 spiro atoms. The van der Waals surface area contributed by atoms with E-state index in [1.165, 1.54) is 29.6 Å². The standard InChI is InChI=1S/C27H28F2N4O3/c1-3-18-10-19(4-6-21(18)14-33-9-8-22(15-33)26(34)35)17(2)32-36-16-23-7-5-20(11-25(23)28)24-12-30-27(29)31-13-24/h4-7,10-13,22H,3,8-9,14-16H2,1-2H3,(H,34,35)/b32-17+/t22-/m0/s1. The molecule has 0 aliphatic carbocycles. The maximum absolute atomic E-state index is 14.6. The van der Waals surface area contributed by atoms with Crippen LogP contribution in [0.15, 0.2) is 53.9 Å². The highest BCUT2D eigenvalue weighted by Crippen LogP contribution is 2.23. The number of carboxylic acid groups (broad SMARTS) is 1. The van der Waals surface area contributed by atoms with E-state index in [4.69, 9.17) is 4.84 Å². The zero-order valence-corrected chi connectivity index (χ0v) is 20.2. The number of hydrogen-bond acceptors (Lipinski definition) is 6. The van der Waals surface area contributed by atoms with E-state index in [-0.39, 0.29) is 12.5 Å². The van der Waals surface area contributed by atoms with Crippen molar-refractivity contribution in [1.82, 2.24) is 14.9 Å². The van der Waals surface area contributed by atoms with Crippen LogP contribution in [-0.2, 0) is 29.2 Å². The van der Waals surface area contributed by atoms with Crippen LogP contribution in [0.25, 0.3) is 11.1 Å². The summed E-state index contributed by atoms with van der Waals surface area (Å²) in [6, 6.07) is 10.7. The van der Waals surface area contributed by atoms with Crippen molar-refractivity contribution < 1.29 is 23.5 Å². The second-order valence-corrected chi connectivity index (χ2v) is 8.89. The molecule has 0 radical (unpaired) electrons. The molecule has 7 nitrogen and oxygen atoms in total. The second-order valence-electron chi connectivity index (χ2n) is 8.89. The molecule has 2 aromatic carbocycles. The number of rotatable bonds is 9. The van der Waals surface area contributed by atoms with Crippen LogP contribution in [0.1, 0.15) is 42.5 Å². The topological polar surface area (TPSA) is 87.9 Å². The smallest absolute Gasteiger partial charge is 0.308 e. The molecule has 188 valence electrons. The Kier molecular flexibility index (Phi) is 8.00. The van der Waals surface area contributed by atoms with Crippen molar-refractivity contribution in [2.45, 2.75) is 39.8 Å². The minimum Gasteiger partial charge on any atom is -0.481 e. The van der Waals surface area contributed by atoms with E-state index < -0.39 is 17.9 Å². The Morgan fingerprint density at radius 1 is 1.11 bits per heavy atom. The Labute approximate surface area is 208 Å². The molecule has 1 aromatic heterocycles. The largest absolute Gasteiger partial charge is 0.481 e.